The predicted octanol–water partition coefficient (Wildman–Crippen LogP) is 2.13. The van der Waals surface area contributed by atoms with E-state index in [4.69, 9.17) is 29.6 Å². The third kappa shape index (κ3) is 3.67. The van der Waals surface area contributed by atoms with E-state index < -0.39 is 0 Å². The van der Waals surface area contributed by atoms with Crippen molar-refractivity contribution in [3.8, 4) is 0 Å². The first-order valence-corrected chi connectivity index (χ1v) is 6.85. The maximum absolute atomic E-state index is 6.24. The number of nitrogens with two attached hydrogens (primary N) is 1. The smallest absolute Gasteiger partial charge is 0.131 e. The molecule has 0 saturated carbocycles. The molecule has 1 heterocycles. The normalized spacial score (nSPS) is 13.0. The summed E-state index contributed by atoms with van der Waals surface area (Å²) in [5.74, 6) is 0.204. The number of halogens is 1. The summed E-state index contributed by atoms with van der Waals surface area (Å²) in [6.07, 6.45) is 0. The molecule has 0 radical (unpaired) electrons. The molecule has 1 rings (SSSR count). The first-order valence-electron chi connectivity index (χ1n) is 6.06. The van der Waals surface area contributed by atoms with Crippen LogP contribution in [0.25, 0.3) is 0 Å². The van der Waals surface area contributed by atoms with Crippen LogP contribution in [0.2, 0.25) is 5.15 Å². The summed E-state index contributed by atoms with van der Waals surface area (Å²) in [4.78, 5) is 2.84. The minimum atomic E-state index is 0.204. The Morgan fingerprint density at radius 1 is 1.61 bits per heavy atom. The molecule has 0 spiro atoms. The van der Waals surface area contributed by atoms with Crippen LogP contribution in [0.5, 0.6) is 0 Å². The molecule has 4 nitrogen and oxygen atoms in total. The van der Waals surface area contributed by atoms with Gasteiger partial charge in [0.2, 0.25) is 0 Å². The van der Waals surface area contributed by atoms with Gasteiger partial charge in [-0.25, -0.2) is 0 Å². The number of hydrogen-bond acceptors (Lipinski definition) is 3. The van der Waals surface area contributed by atoms with Gasteiger partial charge >= 0.3 is 0 Å². The van der Waals surface area contributed by atoms with Gasteiger partial charge in [-0.3, -0.25) is 9.58 Å². The SMILES string of the molecule is CCN(Cc1c(C)nn(C)c1Cl)CC(C)C(N)=S. The summed E-state index contributed by atoms with van der Waals surface area (Å²) in [5.41, 5.74) is 7.71. The molecule has 0 amide bonds. The van der Waals surface area contributed by atoms with Crippen LogP contribution >= 0.6 is 23.8 Å². The number of rotatable bonds is 6. The van der Waals surface area contributed by atoms with Gasteiger partial charge in [0.25, 0.3) is 0 Å². The van der Waals surface area contributed by atoms with E-state index in [0.29, 0.717) is 10.1 Å². The average Bonchev–Trinajstić information content (AvgIpc) is 2.54. The molecule has 2 N–H and O–H groups in total. The van der Waals surface area contributed by atoms with E-state index in [-0.39, 0.29) is 5.92 Å². The fraction of sp³-hybridized carbons (Fsp3) is 0.667. The fourth-order valence-corrected chi connectivity index (χ4v) is 2.17. The van der Waals surface area contributed by atoms with Gasteiger partial charge in [-0.2, -0.15) is 5.10 Å². The van der Waals surface area contributed by atoms with Crippen LogP contribution in [0, 0.1) is 12.8 Å². The van der Waals surface area contributed by atoms with Crippen LogP contribution in [0.15, 0.2) is 0 Å². The number of aryl methyl sites for hydroxylation is 2. The van der Waals surface area contributed by atoms with Gasteiger partial charge in [0.1, 0.15) is 5.15 Å². The second-order valence-electron chi connectivity index (χ2n) is 4.61. The molecule has 1 unspecified atom stereocenters. The van der Waals surface area contributed by atoms with E-state index in [1.54, 1.807) is 4.68 Å². The highest BCUT2D eigenvalue weighted by molar-refractivity contribution is 7.80. The number of hydrogen-bond donors (Lipinski definition) is 1. The van der Waals surface area contributed by atoms with Gasteiger partial charge in [-0.1, -0.05) is 37.7 Å². The second kappa shape index (κ2) is 6.50. The highest BCUT2D eigenvalue weighted by atomic mass is 35.5. The van der Waals surface area contributed by atoms with Crippen LogP contribution in [0.4, 0.5) is 0 Å². The van der Waals surface area contributed by atoms with E-state index in [0.717, 1.165) is 30.9 Å². The van der Waals surface area contributed by atoms with Gasteiger partial charge < -0.3 is 5.73 Å². The van der Waals surface area contributed by atoms with Crippen molar-refractivity contribution in [1.82, 2.24) is 14.7 Å². The molecular weight excluding hydrogens is 268 g/mol. The highest BCUT2D eigenvalue weighted by Crippen LogP contribution is 2.20. The quantitative estimate of drug-likeness (QED) is 0.815. The molecule has 0 aromatic carbocycles. The Balaban J connectivity index is 2.77. The highest BCUT2D eigenvalue weighted by Gasteiger charge is 2.16. The maximum Gasteiger partial charge on any atom is 0.131 e. The van der Waals surface area contributed by atoms with Crippen molar-refractivity contribution in [2.45, 2.75) is 27.3 Å². The van der Waals surface area contributed by atoms with E-state index in [1.807, 2.05) is 20.9 Å². The Morgan fingerprint density at radius 2 is 2.22 bits per heavy atom. The lowest BCUT2D eigenvalue weighted by molar-refractivity contribution is 0.263. The second-order valence-corrected chi connectivity index (χ2v) is 5.44. The number of aromatic nitrogens is 2. The third-order valence-corrected chi connectivity index (χ3v) is 3.99. The van der Waals surface area contributed by atoms with Crippen molar-refractivity contribution in [3.05, 3.63) is 16.4 Å². The van der Waals surface area contributed by atoms with Gasteiger partial charge in [0, 0.05) is 31.6 Å². The number of thiocarbonyl (C=S) groups is 1. The Labute approximate surface area is 119 Å². The number of nitrogens with zero attached hydrogens (tertiary/aromatic N) is 3. The Kier molecular flexibility index (Phi) is 5.56. The lowest BCUT2D eigenvalue weighted by Crippen LogP contribution is -2.33. The minimum Gasteiger partial charge on any atom is -0.393 e. The zero-order valence-corrected chi connectivity index (χ0v) is 13.0. The van der Waals surface area contributed by atoms with Gasteiger partial charge in [0.05, 0.1) is 10.7 Å². The molecule has 0 aliphatic heterocycles. The first-order chi connectivity index (χ1) is 8.36. The summed E-state index contributed by atoms with van der Waals surface area (Å²) in [6, 6.07) is 0. The minimum absolute atomic E-state index is 0.204. The lowest BCUT2D eigenvalue weighted by Gasteiger charge is -2.23. The Bertz CT molecular complexity index is 430. The van der Waals surface area contributed by atoms with Crippen molar-refractivity contribution in [2.24, 2.45) is 18.7 Å². The van der Waals surface area contributed by atoms with Crippen LogP contribution in [0.1, 0.15) is 25.1 Å². The van der Waals surface area contributed by atoms with Gasteiger partial charge in [0.15, 0.2) is 0 Å². The van der Waals surface area contributed by atoms with Crippen LogP contribution in [-0.4, -0.2) is 32.8 Å². The van der Waals surface area contributed by atoms with Gasteiger partial charge in [-0.05, 0) is 13.5 Å². The van der Waals surface area contributed by atoms with E-state index in [1.165, 1.54) is 0 Å². The largest absolute Gasteiger partial charge is 0.393 e. The van der Waals surface area contributed by atoms with Gasteiger partial charge in [-0.15, -0.1) is 0 Å². The standard InChI is InChI=1S/C12H21ClN4S/c1-5-17(6-8(2)12(14)18)7-10-9(3)15-16(4)11(10)13/h8H,5-7H2,1-4H3,(H2,14,18). The van der Waals surface area contributed by atoms with Crippen LogP contribution < -0.4 is 5.73 Å². The summed E-state index contributed by atoms with van der Waals surface area (Å²) in [5, 5.41) is 5.02. The molecule has 1 aromatic heterocycles. The zero-order valence-electron chi connectivity index (χ0n) is 11.4. The van der Waals surface area contributed by atoms with E-state index >= 15 is 0 Å². The summed E-state index contributed by atoms with van der Waals surface area (Å²) >= 11 is 11.3. The van der Waals surface area contributed by atoms with Crippen molar-refractivity contribution < 1.29 is 0 Å². The fourth-order valence-electron chi connectivity index (χ4n) is 1.86. The van der Waals surface area contributed by atoms with Crippen molar-refractivity contribution in [1.29, 1.82) is 0 Å². The lowest BCUT2D eigenvalue weighted by atomic mass is 10.1. The molecule has 0 saturated heterocycles. The monoisotopic (exact) mass is 288 g/mol. The van der Waals surface area contributed by atoms with Crippen molar-refractivity contribution in [3.63, 3.8) is 0 Å². The molecule has 1 atom stereocenters. The first kappa shape index (κ1) is 15.4. The molecule has 18 heavy (non-hydrogen) atoms. The molecule has 0 bridgehead atoms. The molecule has 102 valence electrons. The zero-order chi connectivity index (χ0) is 13.9. The topological polar surface area (TPSA) is 47.1 Å². The molecular formula is C12H21ClN4S. The molecule has 6 heteroatoms. The van der Waals surface area contributed by atoms with E-state index in [9.17, 15) is 0 Å². The molecule has 0 aliphatic rings. The molecule has 1 aromatic rings. The van der Waals surface area contributed by atoms with E-state index in [2.05, 4.69) is 16.9 Å². The van der Waals surface area contributed by atoms with Crippen LogP contribution in [0.3, 0.4) is 0 Å². The predicted molar refractivity (Wildman–Crippen MR) is 79.9 cm³/mol. The van der Waals surface area contributed by atoms with Crippen LogP contribution in [-0.2, 0) is 13.6 Å². The van der Waals surface area contributed by atoms with Crippen molar-refractivity contribution in [2.75, 3.05) is 13.1 Å². The maximum atomic E-state index is 6.24. The third-order valence-electron chi connectivity index (χ3n) is 3.12. The average molecular weight is 289 g/mol. The van der Waals surface area contributed by atoms with Crippen molar-refractivity contribution >= 4 is 28.8 Å². The summed E-state index contributed by atoms with van der Waals surface area (Å²) < 4.78 is 1.71. The Morgan fingerprint density at radius 3 is 2.61 bits per heavy atom. The Hall–Kier alpha value is -0.650. The summed E-state index contributed by atoms with van der Waals surface area (Å²) in [6.45, 7) is 8.69. The molecule has 0 aliphatic carbocycles. The summed E-state index contributed by atoms with van der Waals surface area (Å²) in [7, 11) is 1.85. The molecule has 0 fully saturated rings.